The molecule has 102 valence electrons. The summed E-state index contributed by atoms with van der Waals surface area (Å²) < 4.78 is 0. The lowest BCUT2D eigenvalue weighted by Crippen LogP contribution is -2.31. The van der Waals surface area contributed by atoms with Gasteiger partial charge in [-0.25, -0.2) is 0 Å². The molecular formula is C15H20N2O2. The number of carboxylic acids is 1. The lowest BCUT2D eigenvalue weighted by atomic mass is 10.0. The van der Waals surface area contributed by atoms with Crippen molar-refractivity contribution in [3.63, 3.8) is 0 Å². The fourth-order valence-electron chi connectivity index (χ4n) is 2.34. The minimum atomic E-state index is -0.839. The van der Waals surface area contributed by atoms with E-state index in [1.54, 1.807) is 0 Å². The summed E-state index contributed by atoms with van der Waals surface area (Å²) in [5, 5.41) is 13.6. The molecule has 4 nitrogen and oxygen atoms in total. The largest absolute Gasteiger partial charge is 0.480 e. The van der Waals surface area contributed by atoms with Gasteiger partial charge in [-0.15, -0.1) is 0 Å². The summed E-state index contributed by atoms with van der Waals surface area (Å²) in [6, 6.07) is 7.13. The van der Waals surface area contributed by atoms with Crippen LogP contribution in [0.4, 0.5) is 0 Å². The maximum Gasteiger partial charge on any atom is 0.325 e. The zero-order chi connectivity index (χ0) is 14.0. The van der Waals surface area contributed by atoms with Gasteiger partial charge in [0.15, 0.2) is 0 Å². The number of hydrogen-bond donors (Lipinski definition) is 3. The Hall–Kier alpha value is -1.81. The minimum Gasteiger partial charge on any atom is -0.480 e. The number of carboxylic acid groups (broad SMARTS) is 1. The Labute approximate surface area is 112 Å². The standard InChI is InChI=1S/C15H20N2O2/c1-9(2)8-16-14(15(18)19)13-10(3)17-12-7-5-4-6-11(12)13/h4-7,9,14,16-17H,8H2,1-3H3,(H,18,19)/t14-/m1/s1. The molecule has 0 radical (unpaired) electrons. The number of aromatic nitrogens is 1. The van der Waals surface area contributed by atoms with E-state index < -0.39 is 12.0 Å². The van der Waals surface area contributed by atoms with Crippen molar-refractivity contribution in [2.75, 3.05) is 6.54 Å². The first-order valence-electron chi connectivity index (χ1n) is 6.54. The first kappa shape index (κ1) is 13.6. The topological polar surface area (TPSA) is 65.1 Å². The molecule has 0 unspecified atom stereocenters. The zero-order valence-corrected chi connectivity index (χ0v) is 11.5. The lowest BCUT2D eigenvalue weighted by Gasteiger charge is -2.16. The smallest absolute Gasteiger partial charge is 0.325 e. The highest BCUT2D eigenvalue weighted by atomic mass is 16.4. The molecule has 0 amide bonds. The molecule has 0 saturated carbocycles. The van der Waals surface area contributed by atoms with Crippen LogP contribution < -0.4 is 5.32 Å². The van der Waals surface area contributed by atoms with Crippen LogP contribution in [0.3, 0.4) is 0 Å². The van der Waals surface area contributed by atoms with E-state index in [4.69, 9.17) is 0 Å². The van der Waals surface area contributed by atoms with Crippen LogP contribution >= 0.6 is 0 Å². The van der Waals surface area contributed by atoms with Crippen LogP contribution in [0.5, 0.6) is 0 Å². The van der Waals surface area contributed by atoms with Gasteiger partial charge in [-0.2, -0.15) is 0 Å². The first-order valence-corrected chi connectivity index (χ1v) is 6.54. The second kappa shape index (κ2) is 5.45. The number of hydrogen-bond acceptors (Lipinski definition) is 2. The average Bonchev–Trinajstić information content (AvgIpc) is 2.66. The van der Waals surface area contributed by atoms with E-state index in [9.17, 15) is 9.90 Å². The van der Waals surface area contributed by atoms with Crippen LogP contribution in [-0.2, 0) is 4.79 Å². The molecule has 4 heteroatoms. The Morgan fingerprint density at radius 3 is 2.68 bits per heavy atom. The number of aliphatic carboxylic acids is 1. The molecule has 1 aromatic carbocycles. The highest BCUT2D eigenvalue weighted by Crippen LogP contribution is 2.28. The molecule has 2 rings (SSSR count). The summed E-state index contributed by atoms with van der Waals surface area (Å²) in [5.41, 5.74) is 2.72. The molecule has 0 fully saturated rings. The molecule has 0 saturated heterocycles. The fraction of sp³-hybridized carbons (Fsp3) is 0.400. The molecule has 0 spiro atoms. The van der Waals surface area contributed by atoms with Crippen molar-refractivity contribution in [3.05, 3.63) is 35.5 Å². The van der Waals surface area contributed by atoms with E-state index in [2.05, 4.69) is 24.1 Å². The normalized spacial score (nSPS) is 13.1. The Morgan fingerprint density at radius 2 is 2.05 bits per heavy atom. The van der Waals surface area contributed by atoms with Crippen LogP contribution in [0.25, 0.3) is 10.9 Å². The number of benzene rings is 1. The third-order valence-corrected chi connectivity index (χ3v) is 3.21. The van der Waals surface area contributed by atoms with Gasteiger partial charge in [-0.05, 0) is 25.5 Å². The molecule has 3 N–H and O–H groups in total. The summed E-state index contributed by atoms with van der Waals surface area (Å²) >= 11 is 0. The Kier molecular flexibility index (Phi) is 3.90. The van der Waals surface area contributed by atoms with Crippen molar-refractivity contribution in [1.82, 2.24) is 10.3 Å². The molecule has 0 aliphatic carbocycles. The zero-order valence-electron chi connectivity index (χ0n) is 11.5. The number of fused-ring (bicyclic) bond motifs is 1. The molecular weight excluding hydrogens is 240 g/mol. The van der Waals surface area contributed by atoms with Gasteiger partial charge in [0.1, 0.15) is 6.04 Å². The average molecular weight is 260 g/mol. The number of rotatable bonds is 5. The lowest BCUT2D eigenvalue weighted by molar-refractivity contribution is -0.139. The molecule has 1 heterocycles. The Balaban J connectivity index is 2.44. The Morgan fingerprint density at radius 1 is 1.37 bits per heavy atom. The van der Waals surface area contributed by atoms with Gasteiger partial charge in [0, 0.05) is 22.2 Å². The van der Waals surface area contributed by atoms with Crippen LogP contribution in [0, 0.1) is 12.8 Å². The van der Waals surface area contributed by atoms with Crippen LogP contribution in [-0.4, -0.2) is 22.6 Å². The maximum absolute atomic E-state index is 11.5. The number of para-hydroxylation sites is 1. The fourth-order valence-corrected chi connectivity index (χ4v) is 2.34. The Bertz CT molecular complexity index is 587. The third kappa shape index (κ3) is 2.79. The van der Waals surface area contributed by atoms with E-state index in [1.165, 1.54) is 0 Å². The second-order valence-electron chi connectivity index (χ2n) is 5.28. The predicted molar refractivity (Wildman–Crippen MR) is 76.3 cm³/mol. The number of nitrogens with one attached hydrogen (secondary N) is 2. The second-order valence-corrected chi connectivity index (χ2v) is 5.28. The van der Waals surface area contributed by atoms with Gasteiger partial charge in [0.25, 0.3) is 0 Å². The van der Waals surface area contributed by atoms with Crippen LogP contribution in [0.15, 0.2) is 24.3 Å². The van der Waals surface area contributed by atoms with Gasteiger partial charge >= 0.3 is 5.97 Å². The van der Waals surface area contributed by atoms with Gasteiger partial charge < -0.3 is 15.4 Å². The van der Waals surface area contributed by atoms with E-state index in [0.717, 1.165) is 22.2 Å². The first-order chi connectivity index (χ1) is 9.00. The van der Waals surface area contributed by atoms with Crippen molar-refractivity contribution in [1.29, 1.82) is 0 Å². The molecule has 19 heavy (non-hydrogen) atoms. The third-order valence-electron chi connectivity index (χ3n) is 3.21. The summed E-state index contributed by atoms with van der Waals surface area (Å²) in [4.78, 5) is 14.8. The summed E-state index contributed by atoms with van der Waals surface area (Å²) in [6.45, 7) is 6.72. The van der Waals surface area contributed by atoms with Crippen molar-refractivity contribution >= 4 is 16.9 Å². The number of aryl methyl sites for hydroxylation is 1. The molecule has 1 aromatic heterocycles. The number of H-pyrrole nitrogens is 1. The summed E-state index contributed by atoms with van der Waals surface area (Å²) in [6.07, 6.45) is 0. The van der Waals surface area contributed by atoms with Gasteiger partial charge in [-0.3, -0.25) is 4.79 Å². The van der Waals surface area contributed by atoms with Gasteiger partial charge in [0.2, 0.25) is 0 Å². The van der Waals surface area contributed by atoms with Crippen LogP contribution in [0.1, 0.15) is 31.1 Å². The van der Waals surface area contributed by atoms with Gasteiger partial charge in [-0.1, -0.05) is 32.0 Å². The highest BCUT2D eigenvalue weighted by Gasteiger charge is 2.24. The molecule has 0 bridgehead atoms. The van der Waals surface area contributed by atoms with Crippen molar-refractivity contribution in [3.8, 4) is 0 Å². The molecule has 0 aliphatic heterocycles. The minimum absolute atomic E-state index is 0.410. The highest BCUT2D eigenvalue weighted by molar-refractivity contribution is 5.90. The number of carbonyl (C=O) groups is 1. The summed E-state index contributed by atoms with van der Waals surface area (Å²) in [7, 11) is 0. The van der Waals surface area contributed by atoms with Crippen LogP contribution in [0.2, 0.25) is 0 Å². The van der Waals surface area contributed by atoms with Gasteiger partial charge in [0.05, 0.1) is 0 Å². The SMILES string of the molecule is Cc1[nH]c2ccccc2c1[C@@H](NCC(C)C)C(=O)O. The summed E-state index contributed by atoms with van der Waals surface area (Å²) in [5.74, 6) is -0.430. The number of aromatic amines is 1. The molecule has 1 atom stereocenters. The molecule has 0 aliphatic rings. The van der Waals surface area contributed by atoms with Crippen molar-refractivity contribution < 1.29 is 9.90 Å². The molecule has 2 aromatic rings. The van der Waals surface area contributed by atoms with Crippen molar-refractivity contribution in [2.45, 2.75) is 26.8 Å². The maximum atomic E-state index is 11.5. The van der Waals surface area contributed by atoms with E-state index >= 15 is 0 Å². The van der Waals surface area contributed by atoms with Crippen molar-refractivity contribution in [2.24, 2.45) is 5.92 Å². The predicted octanol–water partition coefficient (Wildman–Crippen LogP) is 2.85. The van der Waals surface area contributed by atoms with E-state index in [1.807, 2.05) is 31.2 Å². The van der Waals surface area contributed by atoms with E-state index in [-0.39, 0.29) is 0 Å². The quantitative estimate of drug-likeness (QED) is 0.774. The van der Waals surface area contributed by atoms with E-state index in [0.29, 0.717) is 12.5 Å². The monoisotopic (exact) mass is 260 g/mol.